The molecule has 0 aliphatic carbocycles. The molecule has 0 saturated heterocycles. The lowest BCUT2D eigenvalue weighted by Crippen LogP contribution is -2.42. The van der Waals surface area contributed by atoms with Gasteiger partial charge in [0.2, 0.25) is 20.0 Å². The van der Waals surface area contributed by atoms with Gasteiger partial charge in [-0.15, -0.1) is 0 Å². The molecule has 0 saturated carbocycles. The van der Waals surface area contributed by atoms with E-state index in [9.17, 15) is 26.4 Å². The van der Waals surface area contributed by atoms with Crippen LogP contribution in [0.25, 0.3) is 0 Å². The van der Waals surface area contributed by atoms with Gasteiger partial charge in [-0.25, -0.2) is 16.8 Å². The third-order valence-corrected chi connectivity index (χ3v) is 9.34. The molecule has 0 spiro atoms. The molecule has 36 heavy (non-hydrogen) atoms. The maximum Gasteiger partial charge on any atom is 0.303 e. The van der Waals surface area contributed by atoms with Crippen LogP contribution in [0.15, 0.2) is 58.3 Å². The number of carboxylic acids is 2. The van der Waals surface area contributed by atoms with Crippen molar-refractivity contribution in [3.63, 3.8) is 0 Å². The molecule has 0 unspecified atom stereocenters. The van der Waals surface area contributed by atoms with Crippen molar-refractivity contribution in [3.05, 3.63) is 59.7 Å². The van der Waals surface area contributed by atoms with Crippen LogP contribution in [-0.4, -0.2) is 73.8 Å². The lowest BCUT2D eigenvalue weighted by atomic mass is 10.2. The summed E-state index contributed by atoms with van der Waals surface area (Å²) in [5.74, 6) is -2.14. The zero-order valence-electron chi connectivity index (χ0n) is 20.3. The van der Waals surface area contributed by atoms with E-state index in [2.05, 4.69) is 0 Å². The highest BCUT2D eigenvalue weighted by molar-refractivity contribution is 7.89. The van der Waals surface area contributed by atoms with Gasteiger partial charge in [-0.3, -0.25) is 9.59 Å². The maximum absolute atomic E-state index is 13.3. The summed E-state index contributed by atoms with van der Waals surface area (Å²) in [4.78, 5) is 22.0. The minimum absolute atomic E-state index is 0.0160. The van der Waals surface area contributed by atoms with Gasteiger partial charge in [-0.05, 0) is 51.0 Å². The smallest absolute Gasteiger partial charge is 0.303 e. The molecule has 0 aliphatic rings. The summed E-state index contributed by atoms with van der Waals surface area (Å²) in [5.41, 5.74) is 1.72. The van der Waals surface area contributed by atoms with Crippen molar-refractivity contribution in [1.82, 2.24) is 8.61 Å². The molecule has 10 nitrogen and oxygen atoms in total. The first-order valence-corrected chi connectivity index (χ1v) is 14.3. The second-order valence-corrected chi connectivity index (χ2v) is 12.3. The number of sulfonamides is 2. The summed E-state index contributed by atoms with van der Waals surface area (Å²) in [6.45, 7) is 2.94. The highest BCUT2D eigenvalue weighted by Gasteiger charge is 2.29. The molecule has 0 heterocycles. The number of carboxylic acid groups (broad SMARTS) is 2. The zero-order valence-corrected chi connectivity index (χ0v) is 22.0. The molecule has 2 rings (SSSR count). The van der Waals surface area contributed by atoms with Crippen molar-refractivity contribution in [3.8, 4) is 0 Å². The van der Waals surface area contributed by atoms with E-state index in [-0.39, 0.29) is 61.7 Å². The van der Waals surface area contributed by atoms with Crippen LogP contribution in [0, 0.1) is 13.8 Å². The second kappa shape index (κ2) is 12.9. The predicted molar refractivity (Wildman–Crippen MR) is 134 cm³/mol. The van der Waals surface area contributed by atoms with Crippen LogP contribution >= 0.6 is 0 Å². The van der Waals surface area contributed by atoms with Gasteiger partial charge in [0.25, 0.3) is 0 Å². The van der Waals surface area contributed by atoms with Crippen molar-refractivity contribution in [2.75, 3.05) is 26.2 Å². The fraction of sp³-hybridized carbons (Fsp3) is 0.417. The Labute approximate surface area is 212 Å². The fourth-order valence-electron chi connectivity index (χ4n) is 3.46. The van der Waals surface area contributed by atoms with Gasteiger partial charge in [0, 0.05) is 39.0 Å². The van der Waals surface area contributed by atoms with E-state index in [4.69, 9.17) is 10.2 Å². The largest absolute Gasteiger partial charge is 0.481 e. The van der Waals surface area contributed by atoms with E-state index in [1.165, 1.54) is 24.3 Å². The van der Waals surface area contributed by atoms with E-state index >= 15 is 0 Å². The Balaban J connectivity index is 2.33. The number of hydrogen-bond donors (Lipinski definition) is 2. The third kappa shape index (κ3) is 8.40. The number of nitrogens with zero attached hydrogens (tertiary/aromatic N) is 2. The van der Waals surface area contributed by atoms with Crippen LogP contribution in [0.1, 0.15) is 36.8 Å². The quantitative estimate of drug-likeness (QED) is 0.350. The van der Waals surface area contributed by atoms with Crippen LogP contribution in [0.2, 0.25) is 0 Å². The van der Waals surface area contributed by atoms with Crippen LogP contribution in [0.3, 0.4) is 0 Å². The SMILES string of the molecule is Cc1ccc(S(=O)(=O)N(CCCC(=O)O)CCN(CCCC(=O)O)S(=O)(=O)c2ccc(C)cc2)cc1. The van der Waals surface area contributed by atoms with Crippen molar-refractivity contribution in [1.29, 1.82) is 0 Å². The highest BCUT2D eigenvalue weighted by Crippen LogP contribution is 2.20. The summed E-state index contributed by atoms with van der Waals surface area (Å²) < 4.78 is 55.5. The number of aryl methyl sites for hydroxylation is 2. The molecular formula is C24H32N2O8S2. The molecule has 2 aromatic rings. The van der Waals surface area contributed by atoms with Crippen molar-refractivity contribution >= 4 is 32.0 Å². The molecule has 0 radical (unpaired) electrons. The summed E-state index contributed by atoms with van der Waals surface area (Å²) in [6.07, 6.45) is -0.401. The normalized spacial score (nSPS) is 12.2. The van der Waals surface area contributed by atoms with Gasteiger partial charge >= 0.3 is 11.9 Å². The lowest BCUT2D eigenvalue weighted by Gasteiger charge is -2.27. The van der Waals surface area contributed by atoms with Crippen LogP contribution < -0.4 is 0 Å². The van der Waals surface area contributed by atoms with Gasteiger partial charge in [0.1, 0.15) is 0 Å². The Morgan fingerprint density at radius 2 is 0.917 bits per heavy atom. The van der Waals surface area contributed by atoms with Gasteiger partial charge in [0.15, 0.2) is 0 Å². The number of rotatable bonds is 15. The van der Waals surface area contributed by atoms with E-state index in [0.717, 1.165) is 19.7 Å². The van der Waals surface area contributed by atoms with Crippen molar-refractivity contribution in [2.24, 2.45) is 0 Å². The molecule has 0 fully saturated rings. The number of carbonyl (C=O) groups is 2. The standard InChI is InChI=1S/C24H32N2O8S2/c1-19-7-11-21(12-8-19)35(31,32)25(15-3-5-23(27)28)17-18-26(16-4-6-24(29)30)36(33,34)22-13-9-20(2)10-14-22/h7-14H,3-6,15-18H2,1-2H3,(H,27,28)(H,29,30). The first kappa shape index (κ1) is 29.4. The average molecular weight is 541 g/mol. The first-order valence-electron chi connectivity index (χ1n) is 11.4. The summed E-state index contributed by atoms with van der Waals surface area (Å²) in [6, 6.07) is 12.4. The molecule has 0 aliphatic heterocycles. The molecule has 2 N–H and O–H groups in total. The summed E-state index contributed by atoms with van der Waals surface area (Å²) >= 11 is 0. The monoisotopic (exact) mass is 540 g/mol. The second-order valence-electron chi connectivity index (χ2n) is 8.43. The Hall–Kier alpha value is -2.80. The van der Waals surface area contributed by atoms with E-state index in [1.807, 2.05) is 13.8 Å². The van der Waals surface area contributed by atoms with Gasteiger partial charge < -0.3 is 10.2 Å². The Bertz CT molecular complexity index is 1140. The number of benzene rings is 2. The maximum atomic E-state index is 13.3. The third-order valence-electron chi connectivity index (χ3n) is 5.51. The molecule has 0 aromatic heterocycles. The molecule has 2 aromatic carbocycles. The van der Waals surface area contributed by atoms with Crippen molar-refractivity contribution < 1.29 is 36.6 Å². The van der Waals surface area contributed by atoms with Gasteiger partial charge in [-0.1, -0.05) is 35.4 Å². The molecular weight excluding hydrogens is 508 g/mol. The number of aliphatic carboxylic acids is 2. The summed E-state index contributed by atoms with van der Waals surface area (Å²) in [7, 11) is -8.07. The molecule has 12 heteroatoms. The minimum Gasteiger partial charge on any atom is -0.481 e. The number of hydrogen-bond acceptors (Lipinski definition) is 6. The van der Waals surface area contributed by atoms with E-state index in [1.54, 1.807) is 24.3 Å². The lowest BCUT2D eigenvalue weighted by molar-refractivity contribution is -0.138. The highest BCUT2D eigenvalue weighted by atomic mass is 32.2. The van der Waals surface area contributed by atoms with E-state index < -0.39 is 32.0 Å². The fourth-order valence-corrected chi connectivity index (χ4v) is 6.40. The zero-order chi connectivity index (χ0) is 26.9. The molecule has 198 valence electrons. The van der Waals surface area contributed by atoms with Crippen LogP contribution in [0.5, 0.6) is 0 Å². The van der Waals surface area contributed by atoms with Crippen LogP contribution in [-0.2, 0) is 29.6 Å². The summed E-state index contributed by atoms with van der Waals surface area (Å²) in [5, 5.41) is 18.0. The van der Waals surface area contributed by atoms with E-state index in [0.29, 0.717) is 0 Å². The average Bonchev–Trinajstić information content (AvgIpc) is 2.79. The van der Waals surface area contributed by atoms with Gasteiger partial charge in [-0.2, -0.15) is 8.61 Å². The van der Waals surface area contributed by atoms with Crippen molar-refractivity contribution in [2.45, 2.75) is 49.3 Å². The van der Waals surface area contributed by atoms with Gasteiger partial charge in [0.05, 0.1) is 9.79 Å². The first-order chi connectivity index (χ1) is 16.8. The Morgan fingerprint density at radius 3 is 1.19 bits per heavy atom. The molecule has 0 atom stereocenters. The topological polar surface area (TPSA) is 149 Å². The molecule has 0 amide bonds. The Morgan fingerprint density at radius 1 is 0.611 bits per heavy atom. The molecule has 0 bridgehead atoms. The predicted octanol–water partition coefficient (Wildman–Crippen LogP) is 2.71. The van der Waals surface area contributed by atoms with Crippen LogP contribution in [0.4, 0.5) is 0 Å². The minimum atomic E-state index is -4.04. The Kier molecular flexibility index (Phi) is 10.6.